The van der Waals surface area contributed by atoms with Gasteiger partial charge in [0.05, 0.1) is 13.1 Å². The molecule has 136 valence electrons. The van der Waals surface area contributed by atoms with Gasteiger partial charge in [-0.15, -0.1) is 0 Å². The van der Waals surface area contributed by atoms with Crippen LogP contribution in [-0.4, -0.2) is 73.5 Å². The highest BCUT2D eigenvalue weighted by Crippen LogP contribution is 2.22. The lowest BCUT2D eigenvalue weighted by molar-refractivity contribution is -0.148. The SMILES string of the molecule is FC(F)(F)CN1CCC(NC2CCN(CC(F)(F)F)CC2)CC1. The first-order valence-electron chi connectivity index (χ1n) is 7.95. The number of piperidine rings is 2. The van der Waals surface area contributed by atoms with E-state index >= 15 is 0 Å². The van der Waals surface area contributed by atoms with Crippen molar-refractivity contribution in [3.05, 3.63) is 0 Å². The second kappa shape index (κ2) is 7.57. The minimum absolute atomic E-state index is 0.165. The van der Waals surface area contributed by atoms with Gasteiger partial charge in [-0.2, -0.15) is 26.3 Å². The zero-order chi connectivity index (χ0) is 17.1. The van der Waals surface area contributed by atoms with Crippen LogP contribution in [0.3, 0.4) is 0 Å². The topological polar surface area (TPSA) is 18.5 Å². The van der Waals surface area contributed by atoms with Gasteiger partial charge in [0.1, 0.15) is 0 Å². The van der Waals surface area contributed by atoms with E-state index in [9.17, 15) is 26.3 Å². The number of likely N-dealkylation sites (tertiary alicyclic amines) is 2. The maximum Gasteiger partial charge on any atom is 0.401 e. The molecular weight excluding hydrogens is 324 g/mol. The van der Waals surface area contributed by atoms with Crippen molar-refractivity contribution in [3.8, 4) is 0 Å². The molecule has 0 aromatic carbocycles. The van der Waals surface area contributed by atoms with Crippen molar-refractivity contribution in [3.63, 3.8) is 0 Å². The summed E-state index contributed by atoms with van der Waals surface area (Å²) < 4.78 is 73.9. The minimum atomic E-state index is -4.16. The third-order valence-electron chi connectivity index (χ3n) is 4.45. The highest BCUT2D eigenvalue weighted by atomic mass is 19.4. The standard InChI is InChI=1S/C14H23F6N3/c15-13(16,17)9-22-5-1-11(2-6-22)21-12-3-7-23(8-4-12)10-14(18,19)20/h11-12,21H,1-10H2. The average Bonchev–Trinajstić information content (AvgIpc) is 2.40. The van der Waals surface area contributed by atoms with E-state index < -0.39 is 25.4 Å². The van der Waals surface area contributed by atoms with Gasteiger partial charge in [0, 0.05) is 12.1 Å². The van der Waals surface area contributed by atoms with E-state index in [-0.39, 0.29) is 12.1 Å². The molecule has 2 fully saturated rings. The molecule has 9 heteroatoms. The number of nitrogens with one attached hydrogen (secondary N) is 1. The fourth-order valence-electron chi connectivity index (χ4n) is 3.36. The van der Waals surface area contributed by atoms with Gasteiger partial charge in [0.25, 0.3) is 0 Å². The molecule has 1 N–H and O–H groups in total. The van der Waals surface area contributed by atoms with E-state index in [1.165, 1.54) is 9.80 Å². The van der Waals surface area contributed by atoms with Gasteiger partial charge in [0.15, 0.2) is 0 Å². The van der Waals surface area contributed by atoms with Crippen molar-refractivity contribution in [1.29, 1.82) is 0 Å². The molecule has 0 atom stereocenters. The molecule has 0 aromatic heterocycles. The van der Waals surface area contributed by atoms with Crippen molar-refractivity contribution in [1.82, 2.24) is 15.1 Å². The van der Waals surface area contributed by atoms with Gasteiger partial charge in [-0.1, -0.05) is 0 Å². The average molecular weight is 347 g/mol. The summed E-state index contributed by atoms with van der Waals surface area (Å²) in [5.41, 5.74) is 0. The summed E-state index contributed by atoms with van der Waals surface area (Å²) in [5.74, 6) is 0. The number of alkyl halides is 6. The van der Waals surface area contributed by atoms with Crippen LogP contribution in [0.25, 0.3) is 0 Å². The normalized spacial score (nSPS) is 24.3. The first-order valence-corrected chi connectivity index (χ1v) is 7.95. The second-order valence-electron chi connectivity index (χ2n) is 6.50. The summed E-state index contributed by atoms with van der Waals surface area (Å²) in [4.78, 5) is 2.81. The van der Waals surface area contributed by atoms with E-state index in [4.69, 9.17) is 0 Å². The smallest absolute Gasteiger partial charge is 0.311 e. The predicted octanol–water partition coefficient (Wildman–Crippen LogP) is 2.63. The number of nitrogens with zero attached hydrogens (tertiary/aromatic N) is 2. The lowest BCUT2D eigenvalue weighted by Crippen LogP contribution is -2.51. The maximum absolute atomic E-state index is 12.3. The Hall–Kier alpha value is -0.540. The summed E-state index contributed by atoms with van der Waals surface area (Å²) in [6, 6.07) is 0.331. The zero-order valence-corrected chi connectivity index (χ0v) is 12.9. The molecule has 0 spiro atoms. The van der Waals surface area contributed by atoms with Crippen molar-refractivity contribution < 1.29 is 26.3 Å². The van der Waals surface area contributed by atoms with Crippen LogP contribution < -0.4 is 5.32 Å². The predicted molar refractivity (Wildman–Crippen MR) is 74.2 cm³/mol. The van der Waals surface area contributed by atoms with E-state index in [0.717, 1.165) is 0 Å². The molecule has 0 amide bonds. The summed E-state index contributed by atoms with van der Waals surface area (Å²) in [6.45, 7) is -0.104. The third-order valence-corrected chi connectivity index (χ3v) is 4.45. The van der Waals surface area contributed by atoms with E-state index in [1.807, 2.05) is 0 Å². The Bertz CT molecular complexity index is 321. The summed E-state index contributed by atoms with van der Waals surface area (Å²) in [7, 11) is 0. The van der Waals surface area contributed by atoms with Crippen LogP contribution in [-0.2, 0) is 0 Å². The van der Waals surface area contributed by atoms with Crippen LogP contribution in [0, 0.1) is 0 Å². The van der Waals surface area contributed by atoms with Gasteiger partial charge in [-0.05, 0) is 51.9 Å². The Balaban J connectivity index is 1.64. The molecule has 2 saturated heterocycles. The quantitative estimate of drug-likeness (QED) is 0.789. The Labute approximate surface area is 132 Å². The number of hydrogen-bond acceptors (Lipinski definition) is 3. The van der Waals surface area contributed by atoms with Crippen LogP contribution in [0.4, 0.5) is 26.3 Å². The highest BCUT2D eigenvalue weighted by Gasteiger charge is 2.34. The summed E-state index contributed by atoms with van der Waals surface area (Å²) in [6.07, 6.45) is -5.72. The van der Waals surface area contributed by atoms with Crippen LogP contribution in [0.1, 0.15) is 25.7 Å². The Morgan fingerprint density at radius 3 is 1.22 bits per heavy atom. The van der Waals surface area contributed by atoms with Gasteiger partial charge < -0.3 is 5.32 Å². The monoisotopic (exact) mass is 347 g/mol. The fraction of sp³-hybridized carbons (Fsp3) is 1.00. The molecular formula is C14H23F6N3. The van der Waals surface area contributed by atoms with Gasteiger partial charge in [-0.25, -0.2) is 0 Å². The third kappa shape index (κ3) is 7.26. The van der Waals surface area contributed by atoms with E-state index in [0.29, 0.717) is 51.9 Å². The number of hydrogen-bond donors (Lipinski definition) is 1. The molecule has 2 heterocycles. The molecule has 0 bridgehead atoms. The minimum Gasteiger partial charge on any atom is -0.311 e. The second-order valence-corrected chi connectivity index (χ2v) is 6.50. The molecule has 3 nitrogen and oxygen atoms in total. The van der Waals surface area contributed by atoms with Gasteiger partial charge in [0.2, 0.25) is 0 Å². The van der Waals surface area contributed by atoms with E-state index in [1.54, 1.807) is 0 Å². The lowest BCUT2D eigenvalue weighted by Gasteiger charge is -2.38. The molecule has 0 saturated carbocycles. The van der Waals surface area contributed by atoms with Gasteiger partial charge >= 0.3 is 12.4 Å². The highest BCUT2D eigenvalue weighted by molar-refractivity contribution is 4.85. The van der Waals surface area contributed by atoms with Gasteiger partial charge in [-0.3, -0.25) is 9.80 Å². The fourth-order valence-corrected chi connectivity index (χ4v) is 3.36. The van der Waals surface area contributed by atoms with Crippen LogP contribution in [0.15, 0.2) is 0 Å². The van der Waals surface area contributed by atoms with Crippen LogP contribution in [0.5, 0.6) is 0 Å². The van der Waals surface area contributed by atoms with Crippen LogP contribution >= 0.6 is 0 Å². The molecule has 0 aliphatic carbocycles. The Kier molecular flexibility index (Phi) is 6.18. The van der Waals surface area contributed by atoms with Crippen molar-refractivity contribution in [2.75, 3.05) is 39.3 Å². The molecule has 0 unspecified atom stereocenters. The summed E-state index contributed by atoms with van der Waals surface area (Å²) in [5, 5.41) is 3.41. The van der Waals surface area contributed by atoms with Crippen LogP contribution in [0.2, 0.25) is 0 Å². The van der Waals surface area contributed by atoms with Crippen molar-refractivity contribution >= 4 is 0 Å². The van der Waals surface area contributed by atoms with E-state index in [2.05, 4.69) is 5.32 Å². The largest absolute Gasteiger partial charge is 0.401 e. The molecule has 2 rings (SSSR count). The molecule has 23 heavy (non-hydrogen) atoms. The number of halogens is 6. The lowest BCUT2D eigenvalue weighted by atomic mass is 9.99. The summed E-state index contributed by atoms with van der Waals surface area (Å²) >= 11 is 0. The Morgan fingerprint density at radius 2 is 0.957 bits per heavy atom. The molecule has 0 radical (unpaired) electrons. The van der Waals surface area contributed by atoms with Crippen molar-refractivity contribution in [2.24, 2.45) is 0 Å². The maximum atomic E-state index is 12.3. The zero-order valence-electron chi connectivity index (χ0n) is 12.9. The number of rotatable bonds is 4. The molecule has 2 aliphatic rings. The molecule has 0 aromatic rings. The first-order chi connectivity index (χ1) is 10.6. The van der Waals surface area contributed by atoms with Crippen molar-refractivity contribution in [2.45, 2.75) is 50.1 Å². The molecule has 2 aliphatic heterocycles. The Morgan fingerprint density at radius 1 is 0.652 bits per heavy atom. The first kappa shape index (κ1) is 18.8.